The van der Waals surface area contributed by atoms with E-state index in [9.17, 15) is 29.1 Å². The quantitative estimate of drug-likeness (QED) is 0.108. The van der Waals surface area contributed by atoms with Crippen LogP contribution < -0.4 is 21.1 Å². The molecule has 0 saturated heterocycles. The van der Waals surface area contributed by atoms with Crippen LogP contribution in [0.4, 0.5) is 5.69 Å². The molecule has 1 atom stereocenters. The number of aromatic nitrogens is 2. The molecule has 11 nitrogen and oxygen atoms in total. The second-order valence-corrected chi connectivity index (χ2v) is 14.9. The van der Waals surface area contributed by atoms with Gasteiger partial charge < -0.3 is 30.4 Å². The molecule has 3 aromatic rings. The summed E-state index contributed by atoms with van der Waals surface area (Å²) in [7, 11) is -2.18. The van der Waals surface area contributed by atoms with Gasteiger partial charge in [0.1, 0.15) is 11.9 Å². The van der Waals surface area contributed by atoms with Crippen molar-refractivity contribution >= 4 is 42.7 Å². The SMILES string of the molecule is C#CCN(Cc1ccc2nc(C)[nH]c(=O)c2c1)c1ccc(C(=O)N[C@@H](CCC(=O)NCCC[Si](C)(C)O)C(=O)O)cc1. The van der Waals surface area contributed by atoms with E-state index in [4.69, 9.17) is 6.42 Å². The number of carbonyl (C=O) groups is 3. The van der Waals surface area contributed by atoms with Crippen LogP contribution >= 0.6 is 0 Å². The van der Waals surface area contributed by atoms with Crippen LogP contribution in [-0.4, -0.2) is 65.1 Å². The smallest absolute Gasteiger partial charge is 0.326 e. The molecule has 0 radical (unpaired) electrons. The summed E-state index contributed by atoms with van der Waals surface area (Å²) in [5.41, 5.74) is 2.22. The van der Waals surface area contributed by atoms with Gasteiger partial charge in [-0.05, 0) is 80.9 Å². The average Bonchev–Trinajstić information content (AvgIpc) is 2.92. The molecule has 0 bridgehead atoms. The molecule has 0 fully saturated rings. The lowest BCUT2D eigenvalue weighted by Crippen LogP contribution is -2.41. The van der Waals surface area contributed by atoms with Crippen molar-refractivity contribution in [1.29, 1.82) is 0 Å². The lowest BCUT2D eigenvalue weighted by molar-refractivity contribution is -0.139. The molecular formula is C30H37N5O6Si. The molecule has 0 spiro atoms. The highest BCUT2D eigenvalue weighted by Gasteiger charge is 2.22. The number of nitrogens with one attached hydrogen (secondary N) is 3. The van der Waals surface area contributed by atoms with E-state index in [0.29, 0.717) is 42.3 Å². The fraction of sp³-hybridized carbons (Fsp3) is 0.367. The fourth-order valence-electron chi connectivity index (χ4n) is 4.41. The van der Waals surface area contributed by atoms with E-state index in [1.807, 2.05) is 24.1 Å². The number of carboxylic acid groups (broad SMARTS) is 1. The Kier molecular flexibility index (Phi) is 11.0. The maximum absolute atomic E-state index is 12.8. The van der Waals surface area contributed by atoms with Crippen molar-refractivity contribution in [2.75, 3.05) is 18.0 Å². The number of carbonyl (C=O) groups excluding carboxylic acids is 2. The van der Waals surface area contributed by atoms with Gasteiger partial charge in [0.2, 0.25) is 5.91 Å². The molecule has 1 aromatic heterocycles. The number of nitrogens with zero attached hydrogens (tertiary/aromatic N) is 2. The third-order valence-electron chi connectivity index (χ3n) is 6.59. The first-order chi connectivity index (χ1) is 19.9. The van der Waals surface area contributed by atoms with Crippen molar-refractivity contribution in [2.45, 2.75) is 57.9 Å². The zero-order chi connectivity index (χ0) is 30.9. The molecule has 1 heterocycles. The van der Waals surface area contributed by atoms with E-state index in [0.717, 1.165) is 11.3 Å². The summed E-state index contributed by atoms with van der Waals surface area (Å²) in [6, 6.07) is 11.4. The van der Waals surface area contributed by atoms with Crippen molar-refractivity contribution in [3.8, 4) is 12.3 Å². The summed E-state index contributed by atoms with van der Waals surface area (Å²) in [5.74, 6) is 1.03. The Labute approximate surface area is 245 Å². The number of aromatic amines is 1. The monoisotopic (exact) mass is 591 g/mol. The zero-order valence-electron chi connectivity index (χ0n) is 24.1. The van der Waals surface area contributed by atoms with Gasteiger partial charge in [0, 0.05) is 30.8 Å². The second kappa shape index (κ2) is 14.4. The Morgan fingerprint density at radius 3 is 2.52 bits per heavy atom. The van der Waals surface area contributed by atoms with Gasteiger partial charge >= 0.3 is 5.97 Å². The lowest BCUT2D eigenvalue weighted by Gasteiger charge is -2.23. The van der Waals surface area contributed by atoms with Crippen LogP contribution in [0.2, 0.25) is 19.1 Å². The van der Waals surface area contributed by atoms with Crippen molar-refractivity contribution in [1.82, 2.24) is 20.6 Å². The number of anilines is 1. The first-order valence-electron chi connectivity index (χ1n) is 13.7. The molecule has 42 heavy (non-hydrogen) atoms. The van der Waals surface area contributed by atoms with Crippen LogP contribution in [0.5, 0.6) is 0 Å². The van der Waals surface area contributed by atoms with E-state index < -0.39 is 26.2 Å². The molecule has 222 valence electrons. The summed E-state index contributed by atoms with van der Waals surface area (Å²) in [6.45, 7) is 6.45. The highest BCUT2D eigenvalue weighted by atomic mass is 28.4. The predicted molar refractivity (Wildman–Crippen MR) is 164 cm³/mol. The van der Waals surface area contributed by atoms with E-state index in [1.54, 1.807) is 43.3 Å². The molecule has 2 amide bonds. The van der Waals surface area contributed by atoms with Gasteiger partial charge in [0.25, 0.3) is 11.5 Å². The van der Waals surface area contributed by atoms with Gasteiger partial charge in [-0.25, -0.2) is 9.78 Å². The standard InChI is InChI=1S/C30H37N5O6Si/c1-5-16-35(19-21-7-12-25-24(18-21)29(38)33-20(2)32-25)23-10-8-22(9-11-23)28(37)34-26(30(39)40)13-14-27(36)31-15-6-17-42(3,4)41/h1,7-12,18,26,41H,6,13-17,19H2,2-4H3,(H,31,36)(H,34,37)(H,39,40)(H,32,33,38)/t26-/m0/s1. The van der Waals surface area contributed by atoms with Crippen molar-refractivity contribution < 1.29 is 24.3 Å². The molecule has 0 aliphatic heterocycles. The largest absolute Gasteiger partial charge is 0.480 e. The average molecular weight is 592 g/mol. The highest BCUT2D eigenvalue weighted by molar-refractivity contribution is 6.69. The summed E-state index contributed by atoms with van der Waals surface area (Å²) < 4.78 is 0. The van der Waals surface area contributed by atoms with Crippen molar-refractivity contribution in [2.24, 2.45) is 0 Å². The van der Waals surface area contributed by atoms with E-state index in [1.165, 1.54) is 0 Å². The Hall–Kier alpha value is -4.47. The van der Waals surface area contributed by atoms with E-state index >= 15 is 0 Å². The topological polar surface area (TPSA) is 165 Å². The highest BCUT2D eigenvalue weighted by Crippen LogP contribution is 2.20. The predicted octanol–water partition coefficient (Wildman–Crippen LogP) is 2.54. The zero-order valence-corrected chi connectivity index (χ0v) is 25.1. The Morgan fingerprint density at radius 2 is 1.88 bits per heavy atom. The molecule has 0 saturated carbocycles. The molecule has 0 unspecified atom stereocenters. The van der Waals surface area contributed by atoms with Crippen molar-refractivity contribution in [3.63, 3.8) is 0 Å². The number of aliphatic carboxylic acids is 1. The van der Waals surface area contributed by atoms with Gasteiger partial charge in [-0.15, -0.1) is 6.42 Å². The normalized spacial score (nSPS) is 11.9. The summed E-state index contributed by atoms with van der Waals surface area (Å²) in [4.78, 5) is 67.9. The third-order valence-corrected chi connectivity index (χ3v) is 8.17. The minimum atomic E-state index is -2.18. The first-order valence-corrected chi connectivity index (χ1v) is 16.8. The first kappa shape index (κ1) is 32.0. The number of carboxylic acids is 1. The van der Waals surface area contributed by atoms with Crippen molar-refractivity contribution in [3.05, 3.63) is 69.8 Å². The Morgan fingerprint density at radius 1 is 1.17 bits per heavy atom. The third kappa shape index (κ3) is 9.57. The summed E-state index contributed by atoms with van der Waals surface area (Å²) in [5, 5.41) is 15.3. The van der Waals surface area contributed by atoms with Gasteiger partial charge in [0.15, 0.2) is 8.32 Å². The van der Waals surface area contributed by atoms with Crippen LogP contribution in [0.3, 0.4) is 0 Å². The van der Waals surface area contributed by atoms with Crippen LogP contribution in [-0.2, 0) is 16.1 Å². The van der Waals surface area contributed by atoms with Crippen LogP contribution in [0, 0.1) is 19.3 Å². The van der Waals surface area contributed by atoms with Crippen LogP contribution in [0.1, 0.15) is 41.0 Å². The Balaban J connectivity index is 1.61. The molecule has 0 aliphatic carbocycles. The molecule has 12 heteroatoms. The molecule has 5 N–H and O–H groups in total. The number of benzene rings is 2. The maximum atomic E-state index is 12.8. The molecule has 3 rings (SSSR count). The van der Waals surface area contributed by atoms with Gasteiger partial charge in [-0.3, -0.25) is 14.4 Å². The number of hydrogen-bond donors (Lipinski definition) is 5. The van der Waals surface area contributed by atoms with Gasteiger partial charge in [-0.1, -0.05) is 12.0 Å². The number of rotatable bonds is 14. The van der Waals surface area contributed by atoms with E-state index in [2.05, 4.69) is 26.5 Å². The number of fused-ring (bicyclic) bond motifs is 1. The van der Waals surface area contributed by atoms with Crippen LogP contribution in [0.25, 0.3) is 10.9 Å². The maximum Gasteiger partial charge on any atom is 0.326 e. The molecular weight excluding hydrogens is 554 g/mol. The van der Waals surface area contributed by atoms with Gasteiger partial charge in [0.05, 0.1) is 17.4 Å². The van der Waals surface area contributed by atoms with E-state index in [-0.39, 0.29) is 36.4 Å². The summed E-state index contributed by atoms with van der Waals surface area (Å²) >= 11 is 0. The number of terminal acetylenes is 1. The Bertz CT molecular complexity index is 1520. The lowest BCUT2D eigenvalue weighted by atomic mass is 10.1. The molecule has 0 aliphatic rings. The summed E-state index contributed by atoms with van der Waals surface area (Å²) in [6.07, 6.45) is 6.12. The minimum absolute atomic E-state index is 0.0620. The number of aryl methyl sites for hydroxylation is 1. The number of H-pyrrole nitrogens is 1. The second-order valence-electron chi connectivity index (χ2n) is 10.8. The number of hydrogen-bond acceptors (Lipinski definition) is 7. The molecule has 2 aromatic carbocycles. The number of amides is 2. The van der Waals surface area contributed by atoms with Gasteiger partial charge in [-0.2, -0.15) is 0 Å². The minimum Gasteiger partial charge on any atom is -0.480 e. The van der Waals surface area contributed by atoms with Crippen LogP contribution in [0.15, 0.2) is 47.3 Å². The fourth-order valence-corrected chi connectivity index (χ4v) is 5.45.